The molecule has 0 atom stereocenters. The normalized spacial score (nSPS) is 10.7. The van der Waals surface area contributed by atoms with Crippen LogP contribution in [0.15, 0.2) is 42.2 Å². The summed E-state index contributed by atoms with van der Waals surface area (Å²) in [7, 11) is 0. The lowest BCUT2D eigenvalue weighted by atomic mass is 10.2. The van der Waals surface area contributed by atoms with E-state index in [4.69, 9.17) is 11.6 Å². The molecular weight excluding hydrogens is 210 g/mol. The Morgan fingerprint density at radius 1 is 1.53 bits per heavy atom. The third-order valence-corrected chi connectivity index (χ3v) is 2.27. The van der Waals surface area contributed by atoms with Crippen LogP contribution in [0.25, 0.3) is 5.52 Å². The first-order valence-electron chi connectivity index (χ1n) is 4.72. The van der Waals surface area contributed by atoms with E-state index in [1.165, 1.54) is 0 Å². The second-order valence-corrected chi connectivity index (χ2v) is 3.86. The Kier molecular flexibility index (Phi) is 3.04. The number of fused-ring (bicyclic) bond motifs is 1. The van der Waals surface area contributed by atoms with Crippen molar-refractivity contribution in [2.45, 2.75) is 6.54 Å². The summed E-state index contributed by atoms with van der Waals surface area (Å²) in [5.74, 6) is 0. The number of hydrogen-bond donors (Lipinski definition) is 1. The van der Waals surface area contributed by atoms with Crippen molar-refractivity contribution in [2.24, 2.45) is 0 Å². The van der Waals surface area contributed by atoms with Crippen LogP contribution in [0.3, 0.4) is 0 Å². The third-order valence-electron chi connectivity index (χ3n) is 2.14. The van der Waals surface area contributed by atoms with E-state index < -0.39 is 0 Å². The average Bonchev–Trinajstić information content (AvgIpc) is 2.62. The van der Waals surface area contributed by atoms with E-state index in [-0.39, 0.29) is 0 Å². The fraction of sp³-hybridized carbons (Fsp3) is 0.182. The van der Waals surface area contributed by atoms with Gasteiger partial charge in [0, 0.05) is 29.9 Å². The van der Waals surface area contributed by atoms with Gasteiger partial charge in [0.1, 0.15) is 0 Å². The highest BCUT2D eigenvalue weighted by Gasteiger charge is 2.01. The molecular formula is C11H12ClN3. The Morgan fingerprint density at radius 3 is 3.20 bits per heavy atom. The van der Waals surface area contributed by atoms with Crippen LogP contribution in [0.1, 0.15) is 5.56 Å². The molecule has 2 aromatic heterocycles. The van der Waals surface area contributed by atoms with Crippen molar-refractivity contribution >= 4 is 17.1 Å². The second-order valence-electron chi connectivity index (χ2n) is 3.32. The zero-order valence-electron chi connectivity index (χ0n) is 8.28. The fourth-order valence-electron chi connectivity index (χ4n) is 1.46. The van der Waals surface area contributed by atoms with Gasteiger partial charge in [0.25, 0.3) is 0 Å². The number of hydrogen-bond acceptors (Lipinski definition) is 2. The van der Waals surface area contributed by atoms with Gasteiger partial charge in [0.15, 0.2) is 0 Å². The molecule has 0 amide bonds. The topological polar surface area (TPSA) is 29.3 Å². The highest BCUT2D eigenvalue weighted by atomic mass is 35.5. The third kappa shape index (κ3) is 2.37. The minimum absolute atomic E-state index is 0.617. The van der Waals surface area contributed by atoms with Crippen molar-refractivity contribution in [1.29, 1.82) is 0 Å². The van der Waals surface area contributed by atoms with Crippen LogP contribution in [0.2, 0.25) is 0 Å². The van der Waals surface area contributed by atoms with Gasteiger partial charge >= 0.3 is 0 Å². The standard InChI is InChI=1S/C11H12ClN3/c1-9(12)6-13-7-10-8-14-15-5-3-2-4-11(10)15/h2-5,8,13H,1,6-7H2. The van der Waals surface area contributed by atoms with E-state index in [9.17, 15) is 0 Å². The first-order valence-corrected chi connectivity index (χ1v) is 5.10. The second kappa shape index (κ2) is 4.47. The molecule has 2 heterocycles. The quantitative estimate of drug-likeness (QED) is 0.858. The molecule has 78 valence electrons. The van der Waals surface area contributed by atoms with Gasteiger partial charge in [-0.3, -0.25) is 0 Å². The van der Waals surface area contributed by atoms with E-state index in [2.05, 4.69) is 17.0 Å². The first kappa shape index (κ1) is 10.2. The van der Waals surface area contributed by atoms with Crippen molar-refractivity contribution < 1.29 is 0 Å². The lowest BCUT2D eigenvalue weighted by Crippen LogP contribution is -2.14. The SMILES string of the molecule is C=C(Cl)CNCc1cnn2ccccc12. The summed E-state index contributed by atoms with van der Waals surface area (Å²) in [4.78, 5) is 0. The largest absolute Gasteiger partial charge is 0.308 e. The molecule has 2 rings (SSSR count). The van der Waals surface area contributed by atoms with Crippen molar-refractivity contribution in [3.63, 3.8) is 0 Å². The fourth-order valence-corrected chi connectivity index (χ4v) is 1.55. The minimum Gasteiger partial charge on any atom is -0.308 e. The maximum absolute atomic E-state index is 5.66. The molecule has 4 heteroatoms. The molecule has 0 saturated carbocycles. The van der Waals surface area contributed by atoms with Crippen LogP contribution in [0.4, 0.5) is 0 Å². The number of aromatic nitrogens is 2. The zero-order chi connectivity index (χ0) is 10.7. The summed E-state index contributed by atoms with van der Waals surface area (Å²) in [6.07, 6.45) is 3.79. The van der Waals surface area contributed by atoms with Crippen LogP contribution in [-0.2, 0) is 6.54 Å². The summed E-state index contributed by atoms with van der Waals surface area (Å²) in [6.45, 7) is 4.98. The summed E-state index contributed by atoms with van der Waals surface area (Å²) in [5.41, 5.74) is 2.28. The monoisotopic (exact) mass is 221 g/mol. The molecule has 0 aromatic carbocycles. The Bertz CT molecular complexity index is 475. The van der Waals surface area contributed by atoms with E-state index >= 15 is 0 Å². The summed E-state index contributed by atoms with van der Waals surface area (Å²) in [5, 5.41) is 8.05. The zero-order valence-corrected chi connectivity index (χ0v) is 9.04. The predicted molar refractivity (Wildman–Crippen MR) is 61.9 cm³/mol. The summed E-state index contributed by atoms with van der Waals surface area (Å²) < 4.78 is 1.85. The predicted octanol–water partition coefficient (Wildman–Crippen LogP) is 2.18. The van der Waals surface area contributed by atoms with Gasteiger partial charge in [-0.1, -0.05) is 24.2 Å². The number of halogens is 1. The van der Waals surface area contributed by atoms with Gasteiger partial charge in [-0.15, -0.1) is 0 Å². The van der Waals surface area contributed by atoms with Gasteiger partial charge < -0.3 is 5.32 Å². The molecule has 0 aliphatic carbocycles. The molecule has 0 fully saturated rings. The van der Waals surface area contributed by atoms with Gasteiger partial charge in [0.2, 0.25) is 0 Å². The van der Waals surface area contributed by atoms with E-state index in [0.29, 0.717) is 11.6 Å². The number of nitrogens with zero attached hydrogens (tertiary/aromatic N) is 2. The number of nitrogens with one attached hydrogen (secondary N) is 1. The molecule has 0 aliphatic rings. The van der Waals surface area contributed by atoms with E-state index in [0.717, 1.165) is 17.6 Å². The van der Waals surface area contributed by atoms with Gasteiger partial charge in [0.05, 0.1) is 11.7 Å². The molecule has 0 bridgehead atoms. The van der Waals surface area contributed by atoms with Crippen molar-refractivity contribution in [3.05, 3.63) is 47.8 Å². The molecule has 0 aliphatic heterocycles. The van der Waals surface area contributed by atoms with E-state index in [1.54, 1.807) is 0 Å². The molecule has 0 unspecified atom stereocenters. The van der Waals surface area contributed by atoms with Crippen LogP contribution in [0.5, 0.6) is 0 Å². The summed E-state index contributed by atoms with van der Waals surface area (Å²) in [6, 6.07) is 6.00. The molecule has 15 heavy (non-hydrogen) atoms. The smallest absolute Gasteiger partial charge is 0.0706 e. The Hall–Kier alpha value is -1.32. The Morgan fingerprint density at radius 2 is 2.40 bits per heavy atom. The van der Waals surface area contributed by atoms with Crippen LogP contribution >= 0.6 is 11.6 Å². The summed E-state index contributed by atoms with van der Waals surface area (Å²) >= 11 is 5.66. The van der Waals surface area contributed by atoms with Crippen LogP contribution in [-0.4, -0.2) is 16.2 Å². The average molecular weight is 222 g/mol. The van der Waals surface area contributed by atoms with Crippen LogP contribution in [0, 0.1) is 0 Å². The minimum atomic E-state index is 0.617. The van der Waals surface area contributed by atoms with Crippen molar-refractivity contribution in [1.82, 2.24) is 14.9 Å². The number of pyridine rings is 1. The lowest BCUT2D eigenvalue weighted by molar-refractivity contribution is 0.759. The molecule has 0 spiro atoms. The lowest BCUT2D eigenvalue weighted by Gasteiger charge is -2.01. The van der Waals surface area contributed by atoms with Crippen molar-refractivity contribution in [3.8, 4) is 0 Å². The van der Waals surface area contributed by atoms with Gasteiger partial charge in [-0.2, -0.15) is 5.10 Å². The van der Waals surface area contributed by atoms with E-state index in [1.807, 2.05) is 35.1 Å². The molecule has 3 nitrogen and oxygen atoms in total. The Labute approximate surface area is 93.4 Å². The van der Waals surface area contributed by atoms with Gasteiger partial charge in [-0.25, -0.2) is 4.52 Å². The number of rotatable bonds is 4. The Balaban J connectivity index is 2.11. The molecule has 0 saturated heterocycles. The maximum atomic E-state index is 5.66. The first-order chi connectivity index (χ1) is 7.27. The molecule has 2 aromatic rings. The highest BCUT2D eigenvalue weighted by Crippen LogP contribution is 2.09. The molecule has 1 N–H and O–H groups in total. The highest BCUT2D eigenvalue weighted by molar-refractivity contribution is 6.29. The van der Waals surface area contributed by atoms with Crippen molar-refractivity contribution in [2.75, 3.05) is 6.54 Å². The molecule has 0 radical (unpaired) electrons. The van der Waals surface area contributed by atoms with Crippen LogP contribution < -0.4 is 5.32 Å². The van der Waals surface area contributed by atoms with Gasteiger partial charge in [-0.05, 0) is 12.1 Å². The maximum Gasteiger partial charge on any atom is 0.0706 e.